The van der Waals surface area contributed by atoms with Crippen molar-refractivity contribution in [3.05, 3.63) is 0 Å². The predicted molar refractivity (Wildman–Crippen MR) is 49.9 cm³/mol. The van der Waals surface area contributed by atoms with Gasteiger partial charge in [-0.3, -0.25) is 9.59 Å². The molecule has 0 aromatic heterocycles. The summed E-state index contributed by atoms with van der Waals surface area (Å²) in [7, 11) is 0. The Balaban J connectivity index is 2.12. The second kappa shape index (κ2) is 3.05. The lowest BCUT2D eigenvalue weighted by Gasteiger charge is -2.33. The van der Waals surface area contributed by atoms with E-state index in [0.717, 1.165) is 19.4 Å². The minimum absolute atomic E-state index is 0.0621. The van der Waals surface area contributed by atoms with Crippen LogP contribution in [0.25, 0.3) is 0 Å². The first-order valence-corrected chi connectivity index (χ1v) is 5.01. The third kappa shape index (κ3) is 1.54. The zero-order valence-electron chi connectivity index (χ0n) is 8.25. The van der Waals surface area contributed by atoms with E-state index in [9.17, 15) is 9.59 Å². The Bertz CT molecular complexity index is 283. The van der Waals surface area contributed by atoms with Gasteiger partial charge in [0.1, 0.15) is 5.78 Å². The van der Waals surface area contributed by atoms with Gasteiger partial charge in [-0.1, -0.05) is 0 Å². The fraction of sp³-hybridized carbons (Fsp3) is 0.800. The van der Waals surface area contributed by atoms with E-state index >= 15 is 0 Å². The molecule has 2 aliphatic rings. The van der Waals surface area contributed by atoms with Crippen molar-refractivity contribution >= 4 is 11.8 Å². The third-order valence-corrected chi connectivity index (χ3v) is 3.46. The molecule has 78 valence electrons. The van der Waals surface area contributed by atoms with Crippen LogP contribution in [0, 0.1) is 11.3 Å². The predicted octanol–water partition coefficient (Wildman–Crippen LogP) is 0.418. The molecule has 0 aromatic carbocycles. The van der Waals surface area contributed by atoms with E-state index in [0.29, 0.717) is 6.42 Å². The van der Waals surface area contributed by atoms with Crippen LogP contribution in [0.15, 0.2) is 0 Å². The highest BCUT2D eigenvalue weighted by molar-refractivity contribution is 5.87. The summed E-state index contributed by atoms with van der Waals surface area (Å²) in [6.07, 6.45) is 2.88. The van der Waals surface area contributed by atoms with E-state index in [1.807, 2.05) is 0 Å². The summed E-state index contributed by atoms with van der Waals surface area (Å²) in [5, 5.41) is 12.1. The van der Waals surface area contributed by atoms with E-state index in [1.165, 1.54) is 6.92 Å². The number of carboxylic acid groups (broad SMARTS) is 1. The monoisotopic (exact) mass is 197 g/mol. The number of ketones is 1. The Morgan fingerprint density at radius 3 is 2.50 bits per heavy atom. The maximum Gasteiger partial charge on any atom is 0.308 e. The van der Waals surface area contributed by atoms with E-state index in [1.54, 1.807) is 0 Å². The van der Waals surface area contributed by atoms with Crippen molar-refractivity contribution in [3.63, 3.8) is 0 Å². The average Bonchev–Trinajstić information content (AvgIpc) is 2.84. The maximum absolute atomic E-state index is 11.2. The molecule has 1 saturated heterocycles. The lowest BCUT2D eigenvalue weighted by molar-refractivity contribution is -0.147. The molecule has 4 nitrogen and oxygen atoms in total. The second-order valence-electron chi connectivity index (χ2n) is 4.62. The average molecular weight is 197 g/mol. The number of nitrogens with one attached hydrogen (secondary N) is 1. The third-order valence-electron chi connectivity index (χ3n) is 3.46. The molecule has 1 aliphatic carbocycles. The number of hydrogen-bond acceptors (Lipinski definition) is 3. The van der Waals surface area contributed by atoms with Gasteiger partial charge < -0.3 is 10.4 Å². The first kappa shape index (κ1) is 9.65. The molecular weight excluding hydrogens is 182 g/mol. The van der Waals surface area contributed by atoms with Crippen LogP contribution in [0.4, 0.5) is 0 Å². The molecule has 2 atom stereocenters. The normalized spacial score (nSPS) is 34.1. The highest BCUT2D eigenvalue weighted by atomic mass is 16.4. The highest BCUT2D eigenvalue weighted by Crippen LogP contribution is 2.52. The summed E-state index contributed by atoms with van der Waals surface area (Å²) in [5.74, 6) is -1.43. The SMILES string of the molecule is CC(=O)[C@H]1NCC2(CC2)C[C@@H]1C(=O)O. The summed E-state index contributed by atoms with van der Waals surface area (Å²) in [4.78, 5) is 22.2. The van der Waals surface area contributed by atoms with Crippen LogP contribution < -0.4 is 5.32 Å². The van der Waals surface area contributed by atoms with E-state index in [-0.39, 0.29) is 11.2 Å². The number of rotatable bonds is 2. The van der Waals surface area contributed by atoms with Crippen molar-refractivity contribution in [2.24, 2.45) is 11.3 Å². The van der Waals surface area contributed by atoms with Crippen LogP contribution in [-0.4, -0.2) is 29.4 Å². The molecule has 0 aromatic rings. The number of carboxylic acids is 1. The van der Waals surface area contributed by atoms with E-state index in [4.69, 9.17) is 5.11 Å². The lowest BCUT2D eigenvalue weighted by Crippen LogP contribution is -2.52. The molecule has 0 amide bonds. The van der Waals surface area contributed by atoms with Crippen molar-refractivity contribution in [3.8, 4) is 0 Å². The van der Waals surface area contributed by atoms with Crippen LogP contribution in [0.1, 0.15) is 26.2 Å². The van der Waals surface area contributed by atoms with Crippen LogP contribution in [0.5, 0.6) is 0 Å². The van der Waals surface area contributed by atoms with Crippen LogP contribution >= 0.6 is 0 Å². The largest absolute Gasteiger partial charge is 0.481 e. The van der Waals surface area contributed by atoms with Crippen LogP contribution in [0.3, 0.4) is 0 Å². The number of Topliss-reactive ketones (excluding diaryl/α,β-unsaturated/α-hetero) is 1. The molecule has 1 spiro atoms. The lowest BCUT2D eigenvalue weighted by atomic mass is 9.81. The first-order chi connectivity index (χ1) is 6.54. The summed E-state index contributed by atoms with van der Waals surface area (Å²) < 4.78 is 0. The number of carbonyl (C=O) groups is 2. The van der Waals surface area contributed by atoms with Crippen molar-refractivity contribution in [1.29, 1.82) is 0 Å². The fourth-order valence-electron chi connectivity index (χ4n) is 2.34. The summed E-state index contributed by atoms with van der Waals surface area (Å²) in [5.41, 5.74) is 0.203. The second-order valence-corrected chi connectivity index (χ2v) is 4.62. The Kier molecular flexibility index (Phi) is 2.10. The van der Waals surface area contributed by atoms with Gasteiger partial charge in [0.15, 0.2) is 0 Å². The summed E-state index contributed by atoms with van der Waals surface area (Å²) >= 11 is 0. The number of aliphatic carboxylic acids is 1. The molecule has 2 rings (SSSR count). The maximum atomic E-state index is 11.2. The van der Waals surface area contributed by atoms with Crippen LogP contribution in [0.2, 0.25) is 0 Å². The quantitative estimate of drug-likeness (QED) is 0.673. The standard InChI is InChI=1S/C10H15NO3/c1-6(12)8-7(9(13)14)4-10(2-3-10)5-11-8/h7-8,11H,2-5H2,1H3,(H,13,14)/t7-,8+/m0/s1. The van der Waals surface area contributed by atoms with E-state index in [2.05, 4.69) is 5.32 Å². The van der Waals surface area contributed by atoms with E-state index < -0.39 is 17.9 Å². The number of carbonyl (C=O) groups excluding carboxylic acids is 1. The van der Waals surface area contributed by atoms with Gasteiger partial charge in [-0.25, -0.2) is 0 Å². The minimum Gasteiger partial charge on any atom is -0.481 e. The van der Waals surface area contributed by atoms with Gasteiger partial charge in [-0.15, -0.1) is 0 Å². The fourth-order valence-corrected chi connectivity index (χ4v) is 2.34. The van der Waals surface area contributed by atoms with Gasteiger partial charge in [0, 0.05) is 6.54 Å². The van der Waals surface area contributed by atoms with Gasteiger partial charge in [0.05, 0.1) is 12.0 Å². The number of piperidine rings is 1. The van der Waals surface area contributed by atoms with Gasteiger partial charge in [-0.05, 0) is 31.6 Å². The summed E-state index contributed by atoms with van der Waals surface area (Å²) in [6, 6.07) is -0.473. The molecular formula is C10H15NO3. The highest BCUT2D eigenvalue weighted by Gasteiger charge is 2.51. The molecule has 2 fully saturated rings. The van der Waals surface area contributed by atoms with Crippen LogP contribution in [-0.2, 0) is 9.59 Å². The zero-order chi connectivity index (χ0) is 10.3. The molecule has 4 heteroatoms. The Morgan fingerprint density at radius 2 is 2.07 bits per heavy atom. The van der Waals surface area contributed by atoms with Crippen molar-refractivity contribution in [1.82, 2.24) is 5.32 Å². The first-order valence-electron chi connectivity index (χ1n) is 5.01. The molecule has 0 radical (unpaired) electrons. The Hall–Kier alpha value is -0.900. The Morgan fingerprint density at radius 1 is 1.43 bits per heavy atom. The molecule has 14 heavy (non-hydrogen) atoms. The molecule has 1 saturated carbocycles. The smallest absolute Gasteiger partial charge is 0.308 e. The molecule has 0 bridgehead atoms. The molecule has 2 N–H and O–H groups in total. The number of hydrogen-bond donors (Lipinski definition) is 2. The molecule has 0 unspecified atom stereocenters. The topological polar surface area (TPSA) is 66.4 Å². The van der Waals surface area contributed by atoms with Gasteiger partial charge in [0.2, 0.25) is 0 Å². The van der Waals surface area contributed by atoms with Crippen molar-refractivity contribution in [2.45, 2.75) is 32.2 Å². The summed E-state index contributed by atoms with van der Waals surface area (Å²) in [6.45, 7) is 2.26. The van der Waals surface area contributed by atoms with Gasteiger partial charge in [0.25, 0.3) is 0 Å². The van der Waals surface area contributed by atoms with Gasteiger partial charge in [-0.2, -0.15) is 0 Å². The van der Waals surface area contributed by atoms with Crippen molar-refractivity contribution < 1.29 is 14.7 Å². The van der Waals surface area contributed by atoms with Crippen molar-refractivity contribution in [2.75, 3.05) is 6.54 Å². The molecule has 1 heterocycles. The minimum atomic E-state index is -0.844. The molecule has 1 aliphatic heterocycles. The zero-order valence-corrected chi connectivity index (χ0v) is 8.25. The Labute approximate surface area is 82.7 Å². The van der Waals surface area contributed by atoms with Gasteiger partial charge >= 0.3 is 5.97 Å².